The molecule has 2 aromatic rings. The first-order valence-corrected chi connectivity index (χ1v) is 10.0. The Morgan fingerprint density at radius 2 is 2.26 bits per heavy atom. The molecule has 1 aromatic carbocycles. The molecule has 10 heteroatoms. The van der Waals surface area contributed by atoms with Gasteiger partial charge in [0.15, 0.2) is 11.5 Å². The maximum atomic E-state index is 12.0. The molecule has 0 radical (unpaired) electrons. The van der Waals surface area contributed by atoms with Gasteiger partial charge in [-0.15, -0.1) is 0 Å². The monoisotopic (exact) mass is 410 g/mol. The van der Waals surface area contributed by atoms with Crippen molar-refractivity contribution in [3.05, 3.63) is 51.2 Å². The van der Waals surface area contributed by atoms with E-state index in [9.17, 15) is 4.79 Å². The van der Waals surface area contributed by atoms with Crippen LogP contribution in [0, 0.1) is 4.64 Å². The minimum Gasteiger partial charge on any atom is -0.493 e. The van der Waals surface area contributed by atoms with E-state index in [2.05, 4.69) is 4.98 Å². The van der Waals surface area contributed by atoms with Gasteiger partial charge in [-0.25, -0.2) is 4.79 Å². The molecule has 144 valence electrons. The van der Waals surface area contributed by atoms with E-state index in [-0.39, 0.29) is 18.0 Å². The number of ether oxygens (including phenoxy) is 2. The standard InChI is InChI=1S/C17H19N2O6PS/c1-21-13-4-2-3-11-9-22-26(25-16(11)13)23-10-12-5-6-15(24-12)19-8-7-14(27)18-17(19)20/h2-4,7-8,12,15H,5-6,9-10H2,1H3,(H,18,20,27). The zero-order valence-electron chi connectivity index (χ0n) is 14.6. The van der Waals surface area contributed by atoms with Gasteiger partial charge in [0.25, 0.3) is 0 Å². The lowest BCUT2D eigenvalue weighted by atomic mass is 10.2. The first-order chi connectivity index (χ1) is 13.1. The van der Waals surface area contributed by atoms with Gasteiger partial charge in [0.2, 0.25) is 0 Å². The predicted molar refractivity (Wildman–Crippen MR) is 100 cm³/mol. The molecule has 0 aliphatic carbocycles. The third-order valence-electron chi connectivity index (χ3n) is 4.38. The second-order valence-electron chi connectivity index (χ2n) is 6.14. The predicted octanol–water partition coefficient (Wildman–Crippen LogP) is 3.44. The summed E-state index contributed by atoms with van der Waals surface area (Å²) in [5.41, 5.74) is 0.649. The lowest BCUT2D eigenvalue weighted by molar-refractivity contribution is -0.0229. The van der Waals surface area contributed by atoms with Crippen LogP contribution in [0.15, 0.2) is 35.3 Å². The highest BCUT2D eigenvalue weighted by atomic mass is 32.1. The molecule has 2 aliphatic rings. The number of nitrogens with zero attached hydrogens (tertiary/aromatic N) is 1. The molecule has 3 heterocycles. The second-order valence-corrected chi connectivity index (χ2v) is 7.73. The summed E-state index contributed by atoms with van der Waals surface area (Å²) in [7, 11) is 0.0752. The average Bonchev–Trinajstić information content (AvgIpc) is 3.14. The lowest BCUT2D eigenvalue weighted by Crippen LogP contribution is -2.27. The van der Waals surface area contributed by atoms with Gasteiger partial charge in [-0.2, -0.15) is 0 Å². The van der Waals surface area contributed by atoms with E-state index in [1.807, 2.05) is 18.2 Å². The Hall–Kier alpha value is -1.77. The molecule has 1 aromatic heterocycles. The molecule has 1 N–H and O–H groups in total. The van der Waals surface area contributed by atoms with Crippen LogP contribution < -0.4 is 15.0 Å². The van der Waals surface area contributed by atoms with Gasteiger partial charge < -0.3 is 14.0 Å². The number of benzene rings is 1. The maximum Gasteiger partial charge on any atom is 0.397 e. The fraction of sp³-hybridized carbons (Fsp3) is 0.412. The molecular formula is C17H19N2O6PS. The van der Waals surface area contributed by atoms with Crippen LogP contribution in [0.4, 0.5) is 0 Å². The highest BCUT2D eigenvalue weighted by Gasteiger charge is 2.31. The Balaban J connectivity index is 1.34. The van der Waals surface area contributed by atoms with Gasteiger partial charge in [0.1, 0.15) is 10.9 Å². The van der Waals surface area contributed by atoms with Gasteiger partial charge in [0.05, 0.1) is 26.4 Å². The van der Waals surface area contributed by atoms with E-state index in [0.717, 1.165) is 18.4 Å². The molecule has 27 heavy (non-hydrogen) atoms. The highest BCUT2D eigenvalue weighted by Crippen LogP contribution is 2.50. The largest absolute Gasteiger partial charge is 0.493 e. The van der Waals surface area contributed by atoms with Crippen molar-refractivity contribution in [2.45, 2.75) is 31.8 Å². The van der Waals surface area contributed by atoms with Crippen molar-refractivity contribution in [3.63, 3.8) is 0 Å². The normalized spacial score (nSPS) is 24.3. The number of hydrogen-bond acceptors (Lipinski definition) is 7. The number of nitrogens with one attached hydrogen (secondary N) is 1. The fourth-order valence-corrected chi connectivity index (χ4v) is 4.25. The molecule has 0 saturated carbocycles. The van der Waals surface area contributed by atoms with Crippen LogP contribution in [-0.4, -0.2) is 29.4 Å². The minimum atomic E-state index is -1.52. The molecule has 4 rings (SSSR count). The summed E-state index contributed by atoms with van der Waals surface area (Å²) in [5.74, 6) is 1.32. The molecule has 0 bridgehead atoms. The summed E-state index contributed by atoms with van der Waals surface area (Å²) < 4.78 is 30.4. The summed E-state index contributed by atoms with van der Waals surface area (Å²) >= 11 is 4.95. The second kappa shape index (κ2) is 8.08. The zero-order valence-corrected chi connectivity index (χ0v) is 16.3. The number of aromatic amines is 1. The third-order valence-corrected chi connectivity index (χ3v) is 5.65. The van der Waals surface area contributed by atoms with E-state index in [4.69, 9.17) is 35.3 Å². The first-order valence-electron chi connectivity index (χ1n) is 8.51. The minimum absolute atomic E-state index is 0.140. The van der Waals surface area contributed by atoms with Gasteiger partial charge in [-0.05, 0) is 25.0 Å². The summed E-state index contributed by atoms with van der Waals surface area (Å²) in [5, 5.41) is 0. The van der Waals surface area contributed by atoms with Gasteiger partial charge in [-0.3, -0.25) is 18.6 Å². The summed E-state index contributed by atoms with van der Waals surface area (Å²) in [4.78, 5) is 14.6. The SMILES string of the molecule is COc1cccc2c1OP(OCC1CCC(n3ccc(=S)[nH]c3=O)O1)OC2. The van der Waals surface area contributed by atoms with E-state index in [1.54, 1.807) is 19.4 Å². The third kappa shape index (κ3) is 4.07. The molecule has 3 unspecified atom stereocenters. The number of para-hydroxylation sites is 1. The Morgan fingerprint density at radius 1 is 1.37 bits per heavy atom. The molecule has 0 spiro atoms. The maximum absolute atomic E-state index is 12.0. The number of H-pyrrole nitrogens is 1. The molecule has 0 amide bonds. The number of hydrogen-bond donors (Lipinski definition) is 1. The smallest absolute Gasteiger partial charge is 0.397 e. The average molecular weight is 410 g/mol. The van der Waals surface area contributed by atoms with Crippen molar-refractivity contribution >= 4 is 20.8 Å². The van der Waals surface area contributed by atoms with Crippen LogP contribution in [0.25, 0.3) is 0 Å². The van der Waals surface area contributed by atoms with Crippen molar-refractivity contribution in [1.29, 1.82) is 0 Å². The Labute approximate surface area is 162 Å². The van der Waals surface area contributed by atoms with Crippen LogP contribution in [-0.2, 0) is 20.4 Å². The first kappa shape index (κ1) is 18.6. The van der Waals surface area contributed by atoms with Crippen molar-refractivity contribution in [3.8, 4) is 11.5 Å². The van der Waals surface area contributed by atoms with Crippen LogP contribution in [0.1, 0.15) is 24.6 Å². The van der Waals surface area contributed by atoms with Crippen LogP contribution in [0.5, 0.6) is 11.5 Å². The van der Waals surface area contributed by atoms with E-state index >= 15 is 0 Å². The van der Waals surface area contributed by atoms with E-state index in [1.165, 1.54) is 4.57 Å². The topological polar surface area (TPSA) is 83.9 Å². The molecule has 1 saturated heterocycles. The summed E-state index contributed by atoms with van der Waals surface area (Å²) in [6, 6.07) is 7.33. The van der Waals surface area contributed by atoms with Gasteiger partial charge in [0, 0.05) is 11.8 Å². The zero-order chi connectivity index (χ0) is 18.8. The summed E-state index contributed by atoms with van der Waals surface area (Å²) in [6.45, 7) is 0.731. The molecule has 2 aliphatic heterocycles. The van der Waals surface area contributed by atoms with Crippen LogP contribution in [0.2, 0.25) is 0 Å². The Morgan fingerprint density at radius 3 is 3.07 bits per heavy atom. The Kier molecular flexibility index (Phi) is 5.56. The lowest BCUT2D eigenvalue weighted by Gasteiger charge is -2.25. The fourth-order valence-electron chi connectivity index (χ4n) is 3.04. The molecule has 8 nitrogen and oxygen atoms in total. The van der Waals surface area contributed by atoms with Crippen LogP contribution >= 0.6 is 20.8 Å². The number of fused-ring (bicyclic) bond motifs is 1. The molecule has 1 fully saturated rings. The Bertz CT molecular complexity index is 918. The van der Waals surface area contributed by atoms with Gasteiger partial charge >= 0.3 is 14.3 Å². The van der Waals surface area contributed by atoms with Crippen molar-refractivity contribution in [2.75, 3.05) is 13.7 Å². The van der Waals surface area contributed by atoms with Gasteiger partial charge in [-0.1, -0.05) is 24.4 Å². The molecule has 3 atom stereocenters. The van der Waals surface area contributed by atoms with Crippen molar-refractivity contribution in [1.82, 2.24) is 9.55 Å². The van der Waals surface area contributed by atoms with E-state index in [0.29, 0.717) is 29.4 Å². The van der Waals surface area contributed by atoms with Crippen molar-refractivity contribution < 1.29 is 23.0 Å². The number of rotatable bonds is 5. The van der Waals surface area contributed by atoms with Crippen LogP contribution in [0.3, 0.4) is 0 Å². The van der Waals surface area contributed by atoms with E-state index < -0.39 is 8.60 Å². The molecular weight excluding hydrogens is 391 g/mol. The number of aromatic nitrogens is 2. The number of methoxy groups -OCH3 is 1. The quantitative estimate of drug-likeness (QED) is 0.597. The summed E-state index contributed by atoms with van der Waals surface area (Å²) in [6.07, 6.45) is 2.67. The van der Waals surface area contributed by atoms with Crippen molar-refractivity contribution in [2.24, 2.45) is 0 Å². The highest BCUT2D eigenvalue weighted by molar-refractivity contribution is 7.71.